The van der Waals surface area contributed by atoms with E-state index >= 15 is 0 Å². The van der Waals surface area contributed by atoms with Crippen LogP contribution in [0.1, 0.15) is 18.4 Å². The number of hydrogen-bond donors (Lipinski definition) is 1. The maximum Gasteiger partial charge on any atom is 0.225 e. The highest BCUT2D eigenvalue weighted by molar-refractivity contribution is 5.80. The normalized spacial score (nSPS) is 15.0. The zero-order valence-corrected chi connectivity index (χ0v) is 8.81. The Kier molecular flexibility index (Phi) is 2.62. The first-order valence-corrected chi connectivity index (χ1v) is 5.19. The molecule has 3 nitrogen and oxygen atoms in total. The van der Waals surface area contributed by atoms with Crippen molar-refractivity contribution in [3.63, 3.8) is 0 Å². The van der Waals surface area contributed by atoms with Crippen LogP contribution < -0.4 is 0 Å². The van der Waals surface area contributed by atoms with E-state index in [2.05, 4.69) is 0 Å². The number of rotatable bonds is 3. The smallest absolute Gasteiger partial charge is 0.225 e. The number of aromatic hydroxyl groups is 1. The minimum absolute atomic E-state index is 0.221. The van der Waals surface area contributed by atoms with Crippen molar-refractivity contribution in [2.75, 3.05) is 7.05 Å². The Morgan fingerprint density at radius 2 is 2.27 bits per heavy atom. The summed E-state index contributed by atoms with van der Waals surface area (Å²) >= 11 is 0. The lowest BCUT2D eigenvalue weighted by molar-refractivity contribution is -0.131. The largest absolute Gasteiger partial charge is 0.508 e. The second-order valence-corrected chi connectivity index (χ2v) is 4.14. The van der Waals surface area contributed by atoms with E-state index < -0.39 is 0 Å². The van der Waals surface area contributed by atoms with Crippen LogP contribution in [-0.4, -0.2) is 23.0 Å². The Morgan fingerprint density at radius 3 is 2.87 bits per heavy atom. The Bertz CT molecular complexity index is 372. The Morgan fingerprint density at radius 1 is 1.53 bits per heavy atom. The molecule has 0 atom stereocenters. The van der Waals surface area contributed by atoms with E-state index in [1.54, 1.807) is 23.1 Å². The topological polar surface area (TPSA) is 40.5 Å². The number of amides is 1. The predicted molar refractivity (Wildman–Crippen MR) is 57.3 cm³/mol. The molecule has 1 aliphatic carbocycles. The van der Waals surface area contributed by atoms with Crippen LogP contribution in [0.3, 0.4) is 0 Å². The van der Waals surface area contributed by atoms with Gasteiger partial charge in [-0.1, -0.05) is 12.1 Å². The van der Waals surface area contributed by atoms with Gasteiger partial charge in [0.2, 0.25) is 5.91 Å². The van der Waals surface area contributed by atoms with Crippen molar-refractivity contribution >= 4 is 5.91 Å². The quantitative estimate of drug-likeness (QED) is 0.816. The fourth-order valence-electron chi connectivity index (χ4n) is 1.65. The third kappa shape index (κ3) is 2.49. The lowest BCUT2D eigenvalue weighted by Crippen LogP contribution is -2.27. The lowest BCUT2D eigenvalue weighted by atomic mass is 10.2. The highest BCUT2D eigenvalue weighted by Gasteiger charge is 2.31. The van der Waals surface area contributed by atoms with Gasteiger partial charge in [-0.3, -0.25) is 4.79 Å². The molecule has 15 heavy (non-hydrogen) atoms. The van der Waals surface area contributed by atoms with Gasteiger partial charge in [0.15, 0.2) is 0 Å². The number of carbonyl (C=O) groups is 1. The predicted octanol–water partition coefficient (Wildman–Crippen LogP) is 1.76. The molecule has 1 fully saturated rings. The molecule has 1 saturated carbocycles. The van der Waals surface area contributed by atoms with Gasteiger partial charge in [-0.15, -0.1) is 0 Å². The zero-order chi connectivity index (χ0) is 10.8. The molecule has 0 radical (unpaired) electrons. The van der Waals surface area contributed by atoms with Crippen LogP contribution in [0.25, 0.3) is 0 Å². The van der Waals surface area contributed by atoms with Crippen molar-refractivity contribution in [3.8, 4) is 5.75 Å². The van der Waals surface area contributed by atoms with Crippen LogP contribution in [-0.2, 0) is 11.3 Å². The minimum Gasteiger partial charge on any atom is -0.508 e. The van der Waals surface area contributed by atoms with Gasteiger partial charge in [0.25, 0.3) is 0 Å². The summed E-state index contributed by atoms with van der Waals surface area (Å²) in [5.74, 6) is 0.727. The molecule has 2 rings (SSSR count). The molecule has 0 saturated heterocycles. The highest BCUT2D eigenvalue weighted by atomic mass is 16.3. The van der Waals surface area contributed by atoms with E-state index in [-0.39, 0.29) is 17.6 Å². The second kappa shape index (κ2) is 3.93. The van der Waals surface area contributed by atoms with Gasteiger partial charge < -0.3 is 10.0 Å². The molecule has 0 aromatic heterocycles. The van der Waals surface area contributed by atoms with Crippen molar-refractivity contribution in [3.05, 3.63) is 29.8 Å². The monoisotopic (exact) mass is 205 g/mol. The first kappa shape index (κ1) is 10.0. The molecule has 0 heterocycles. The van der Waals surface area contributed by atoms with Gasteiger partial charge in [-0.05, 0) is 30.5 Å². The van der Waals surface area contributed by atoms with Crippen LogP contribution in [0.2, 0.25) is 0 Å². The molecule has 3 heteroatoms. The maximum atomic E-state index is 11.7. The average molecular weight is 205 g/mol. The fraction of sp³-hybridized carbons (Fsp3) is 0.417. The molecule has 1 aromatic rings. The summed E-state index contributed by atoms with van der Waals surface area (Å²) in [6.45, 7) is 0.573. The van der Waals surface area contributed by atoms with Crippen molar-refractivity contribution in [2.45, 2.75) is 19.4 Å². The summed E-state index contributed by atoms with van der Waals surface area (Å²) < 4.78 is 0. The van der Waals surface area contributed by atoms with Crippen molar-refractivity contribution in [2.24, 2.45) is 5.92 Å². The molecule has 1 aliphatic rings. The van der Waals surface area contributed by atoms with E-state index in [0.29, 0.717) is 6.54 Å². The Balaban J connectivity index is 1.98. The van der Waals surface area contributed by atoms with Gasteiger partial charge in [0, 0.05) is 19.5 Å². The lowest BCUT2D eigenvalue weighted by Gasteiger charge is -2.16. The molecular formula is C12H15NO2. The molecule has 0 aliphatic heterocycles. The molecule has 0 spiro atoms. The SMILES string of the molecule is CN(Cc1cccc(O)c1)C(=O)C1CC1. The van der Waals surface area contributed by atoms with E-state index in [1.165, 1.54) is 0 Å². The number of nitrogens with zero attached hydrogens (tertiary/aromatic N) is 1. The highest BCUT2D eigenvalue weighted by Crippen LogP contribution is 2.31. The zero-order valence-electron chi connectivity index (χ0n) is 8.81. The van der Waals surface area contributed by atoms with Gasteiger partial charge in [-0.25, -0.2) is 0 Å². The summed E-state index contributed by atoms with van der Waals surface area (Å²) in [5.41, 5.74) is 0.964. The third-order valence-corrected chi connectivity index (χ3v) is 2.63. The average Bonchev–Trinajstić information content (AvgIpc) is 2.99. The van der Waals surface area contributed by atoms with Crippen molar-refractivity contribution < 1.29 is 9.90 Å². The van der Waals surface area contributed by atoms with Crippen LogP contribution in [0.4, 0.5) is 0 Å². The van der Waals surface area contributed by atoms with Crippen LogP contribution >= 0.6 is 0 Å². The first-order valence-electron chi connectivity index (χ1n) is 5.19. The van der Waals surface area contributed by atoms with Gasteiger partial charge >= 0.3 is 0 Å². The van der Waals surface area contributed by atoms with Gasteiger partial charge in [0.1, 0.15) is 5.75 Å². The molecule has 1 aromatic carbocycles. The van der Waals surface area contributed by atoms with Gasteiger partial charge in [0.05, 0.1) is 0 Å². The number of benzene rings is 1. The van der Waals surface area contributed by atoms with Crippen molar-refractivity contribution in [1.82, 2.24) is 4.90 Å². The number of hydrogen-bond acceptors (Lipinski definition) is 2. The Hall–Kier alpha value is -1.51. The summed E-state index contributed by atoms with van der Waals surface area (Å²) in [7, 11) is 1.81. The summed E-state index contributed by atoms with van der Waals surface area (Å²) in [6, 6.07) is 7.03. The third-order valence-electron chi connectivity index (χ3n) is 2.63. The molecule has 0 bridgehead atoms. The second-order valence-electron chi connectivity index (χ2n) is 4.14. The first-order chi connectivity index (χ1) is 7.16. The standard InChI is InChI=1S/C12H15NO2/c1-13(12(15)10-5-6-10)8-9-3-2-4-11(14)7-9/h2-4,7,10,14H,5-6,8H2,1H3. The molecule has 80 valence electrons. The van der Waals surface area contributed by atoms with Gasteiger partial charge in [-0.2, -0.15) is 0 Å². The maximum absolute atomic E-state index is 11.7. The van der Waals surface area contributed by atoms with Crippen LogP contribution in [0.15, 0.2) is 24.3 Å². The molecule has 0 unspecified atom stereocenters. The Labute approximate surface area is 89.3 Å². The molecule has 1 amide bonds. The van der Waals surface area contributed by atoms with Crippen LogP contribution in [0.5, 0.6) is 5.75 Å². The minimum atomic E-state index is 0.221. The summed E-state index contributed by atoms with van der Waals surface area (Å²) in [4.78, 5) is 13.4. The van der Waals surface area contributed by atoms with E-state index in [9.17, 15) is 9.90 Å². The number of carbonyl (C=O) groups excluding carboxylic acids is 1. The summed E-state index contributed by atoms with van der Waals surface area (Å²) in [5, 5.41) is 9.28. The molecular weight excluding hydrogens is 190 g/mol. The van der Waals surface area contributed by atoms with Crippen molar-refractivity contribution in [1.29, 1.82) is 0 Å². The number of phenols is 1. The fourth-order valence-corrected chi connectivity index (χ4v) is 1.65. The summed E-state index contributed by atoms with van der Waals surface area (Å²) in [6.07, 6.45) is 2.06. The number of phenolic OH excluding ortho intramolecular Hbond substituents is 1. The van der Waals surface area contributed by atoms with E-state index in [4.69, 9.17) is 0 Å². The van der Waals surface area contributed by atoms with E-state index in [1.807, 2.05) is 13.1 Å². The van der Waals surface area contributed by atoms with E-state index in [0.717, 1.165) is 18.4 Å². The van der Waals surface area contributed by atoms with Crippen LogP contribution in [0, 0.1) is 5.92 Å². The molecule has 1 N–H and O–H groups in total.